The number of likely N-dealkylation sites (N-methyl/N-ethyl adjacent to an activating group) is 1. The molecule has 1 amide bonds. The Morgan fingerprint density at radius 1 is 1.47 bits per heavy atom. The molecule has 17 heavy (non-hydrogen) atoms. The highest BCUT2D eigenvalue weighted by molar-refractivity contribution is 6.01. The Kier molecular flexibility index (Phi) is 2.08. The maximum absolute atomic E-state index is 13.9. The second-order valence-electron chi connectivity index (χ2n) is 5.25. The van der Waals surface area contributed by atoms with Crippen molar-refractivity contribution >= 4 is 11.6 Å². The SMILES string of the molecule is CN1C(=O)Cc2cc(CC3(N)CC3)cc(F)c21. The highest BCUT2D eigenvalue weighted by Gasteiger charge is 2.38. The van der Waals surface area contributed by atoms with Crippen LogP contribution < -0.4 is 10.6 Å². The van der Waals surface area contributed by atoms with Crippen molar-refractivity contribution in [2.45, 2.75) is 31.2 Å². The van der Waals surface area contributed by atoms with Gasteiger partial charge in [-0.1, -0.05) is 6.07 Å². The van der Waals surface area contributed by atoms with E-state index in [2.05, 4.69) is 0 Å². The van der Waals surface area contributed by atoms with Gasteiger partial charge in [-0.3, -0.25) is 4.79 Å². The van der Waals surface area contributed by atoms with E-state index >= 15 is 0 Å². The Hall–Kier alpha value is -1.42. The molecule has 1 aliphatic heterocycles. The van der Waals surface area contributed by atoms with Gasteiger partial charge in [0.2, 0.25) is 5.91 Å². The first kappa shape index (κ1) is 10.7. The normalized spacial score (nSPS) is 20.6. The smallest absolute Gasteiger partial charge is 0.231 e. The van der Waals surface area contributed by atoms with Crippen molar-refractivity contribution in [2.24, 2.45) is 5.73 Å². The highest BCUT2D eigenvalue weighted by atomic mass is 19.1. The second-order valence-corrected chi connectivity index (χ2v) is 5.25. The molecule has 0 aromatic heterocycles. The molecule has 3 nitrogen and oxygen atoms in total. The van der Waals surface area contributed by atoms with Gasteiger partial charge in [-0.2, -0.15) is 0 Å². The number of halogens is 1. The zero-order chi connectivity index (χ0) is 12.2. The molecular formula is C13H15FN2O. The molecule has 0 unspecified atom stereocenters. The van der Waals surface area contributed by atoms with E-state index < -0.39 is 0 Å². The van der Waals surface area contributed by atoms with Crippen LogP contribution in [0.15, 0.2) is 12.1 Å². The summed E-state index contributed by atoms with van der Waals surface area (Å²) in [5.41, 5.74) is 8.03. The van der Waals surface area contributed by atoms with Crippen LogP contribution in [0.5, 0.6) is 0 Å². The summed E-state index contributed by atoms with van der Waals surface area (Å²) in [6.45, 7) is 0. The fourth-order valence-electron chi connectivity index (χ4n) is 2.48. The zero-order valence-corrected chi connectivity index (χ0v) is 9.79. The number of amides is 1. The lowest BCUT2D eigenvalue weighted by molar-refractivity contribution is -0.117. The topological polar surface area (TPSA) is 46.3 Å². The molecule has 0 bridgehead atoms. The summed E-state index contributed by atoms with van der Waals surface area (Å²) in [4.78, 5) is 12.9. The van der Waals surface area contributed by atoms with E-state index in [1.165, 1.54) is 11.0 Å². The number of nitrogens with two attached hydrogens (primary N) is 1. The number of hydrogen-bond acceptors (Lipinski definition) is 2. The van der Waals surface area contributed by atoms with Crippen LogP contribution in [0.25, 0.3) is 0 Å². The lowest BCUT2D eigenvalue weighted by Gasteiger charge is -2.13. The van der Waals surface area contributed by atoms with Gasteiger partial charge in [0.05, 0.1) is 12.1 Å². The predicted molar refractivity (Wildman–Crippen MR) is 63.4 cm³/mol. The van der Waals surface area contributed by atoms with Crippen molar-refractivity contribution in [3.63, 3.8) is 0 Å². The second kappa shape index (κ2) is 3.29. The molecule has 0 radical (unpaired) electrons. The predicted octanol–water partition coefficient (Wildman–Crippen LogP) is 1.38. The zero-order valence-electron chi connectivity index (χ0n) is 9.79. The molecule has 1 heterocycles. The third-order valence-electron chi connectivity index (χ3n) is 3.70. The molecule has 1 aromatic rings. The van der Waals surface area contributed by atoms with Crippen LogP contribution in [0.4, 0.5) is 10.1 Å². The minimum atomic E-state index is -0.310. The van der Waals surface area contributed by atoms with Gasteiger partial charge in [0, 0.05) is 12.6 Å². The molecule has 1 aliphatic carbocycles. The Labute approximate surface area is 99.4 Å². The van der Waals surface area contributed by atoms with E-state index in [-0.39, 0.29) is 17.3 Å². The minimum absolute atomic E-state index is 0.0510. The average molecular weight is 234 g/mol. The van der Waals surface area contributed by atoms with E-state index in [0.717, 1.165) is 24.0 Å². The van der Waals surface area contributed by atoms with Crippen molar-refractivity contribution in [1.29, 1.82) is 0 Å². The van der Waals surface area contributed by atoms with Crippen LogP contribution in [-0.2, 0) is 17.6 Å². The summed E-state index contributed by atoms with van der Waals surface area (Å²) < 4.78 is 13.9. The number of anilines is 1. The third-order valence-corrected chi connectivity index (χ3v) is 3.70. The largest absolute Gasteiger partial charge is 0.325 e. The summed E-state index contributed by atoms with van der Waals surface area (Å²) >= 11 is 0. The van der Waals surface area contributed by atoms with Gasteiger partial charge >= 0.3 is 0 Å². The number of fused-ring (bicyclic) bond motifs is 1. The first-order valence-corrected chi connectivity index (χ1v) is 5.85. The van der Waals surface area contributed by atoms with Gasteiger partial charge in [0.25, 0.3) is 0 Å². The van der Waals surface area contributed by atoms with Gasteiger partial charge in [-0.05, 0) is 36.5 Å². The molecule has 2 aliphatic rings. The van der Waals surface area contributed by atoms with Gasteiger partial charge in [-0.15, -0.1) is 0 Å². The fourth-order valence-corrected chi connectivity index (χ4v) is 2.48. The Bertz CT molecular complexity index is 508. The van der Waals surface area contributed by atoms with Crippen LogP contribution in [0.2, 0.25) is 0 Å². The van der Waals surface area contributed by atoms with Crippen LogP contribution in [0.1, 0.15) is 24.0 Å². The molecule has 0 saturated heterocycles. The van der Waals surface area contributed by atoms with E-state index in [4.69, 9.17) is 5.73 Å². The highest BCUT2D eigenvalue weighted by Crippen LogP contribution is 2.38. The first-order valence-electron chi connectivity index (χ1n) is 5.85. The molecule has 1 saturated carbocycles. The fraction of sp³-hybridized carbons (Fsp3) is 0.462. The lowest BCUT2D eigenvalue weighted by atomic mass is 10.0. The molecule has 4 heteroatoms. The number of benzene rings is 1. The molecule has 1 aromatic carbocycles. The van der Waals surface area contributed by atoms with Crippen molar-refractivity contribution in [3.8, 4) is 0 Å². The van der Waals surface area contributed by atoms with Gasteiger partial charge in [0.1, 0.15) is 5.82 Å². The molecule has 90 valence electrons. The van der Waals surface area contributed by atoms with E-state index in [1.807, 2.05) is 6.07 Å². The Morgan fingerprint density at radius 2 is 2.18 bits per heavy atom. The monoisotopic (exact) mass is 234 g/mol. The Morgan fingerprint density at radius 3 is 2.82 bits per heavy atom. The molecule has 0 spiro atoms. The number of carbonyl (C=O) groups excluding carboxylic acids is 1. The van der Waals surface area contributed by atoms with E-state index in [1.54, 1.807) is 7.05 Å². The van der Waals surface area contributed by atoms with Crippen LogP contribution in [0.3, 0.4) is 0 Å². The quantitative estimate of drug-likeness (QED) is 0.840. The lowest BCUT2D eigenvalue weighted by Crippen LogP contribution is -2.24. The van der Waals surface area contributed by atoms with E-state index in [9.17, 15) is 9.18 Å². The van der Waals surface area contributed by atoms with Crippen LogP contribution >= 0.6 is 0 Å². The Balaban J connectivity index is 1.97. The molecule has 3 rings (SSSR count). The molecule has 2 N–H and O–H groups in total. The molecular weight excluding hydrogens is 219 g/mol. The number of rotatable bonds is 2. The van der Waals surface area contributed by atoms with E-state index in [0.29, 0.717) is 18.5 Å². The number of carbonyl (C=O) groups is 1. The van der Waals surface area contributed by atoms with Gasteiger partial charge < -0.3 is 10.6 Å². The number of hydrogen-bond donors (Lipinski definition) is 1. The summed E-state index contributed by atoms with van der Waals surface area (Å²) in [6, 6.07) is 3.44. The minimum Gasteiger partial charge on any atom is -0.325 e. The number of nitrogens with zero attached hydrogens (tertiary/aromatic N) is 1. The summed E-state index contributed by atoms with van der Waals surface area (Å²) in [5, 5.41) is 0. The molecule has 1 fully saturated rings. The average Bonchev–Trinajstić information content (AvgIpc) is 2.86. The summed E-state index contributed by atoms with van der Waals surface area (Å²) in [7, 11) is 1.61. The maximum atomic E-state index is 13.9. The van der Waals surface area contributed by atoms with Crippen LogP contribution in [0, 0.1) is 5.82 Å². The third kappa shape index (κ3) is 1.72. The van der Waals surface area contributed by atoms with Crippen LogP contribution in [-0.4, -0.2) is 18.5 Å². The van der Waals surface area contributed by atoms with Gasteiger partial charge in [-0.25, -0.2) is 4.39 Å². The summed E-state index contributed by atoms with van der Waals surface area (Å²) in [5.74, 6) is -0.361. The first-order chi connectivity index (χ1) is 7.98. The van der Waals surface area contributed by atoms with Crippen molar-refractivity contribution < 1.29 is 9.18 Å². The standard InChI is InChI=1S/C13H15FN2O/c1-16-11(17)6-9-4-8(5-10(14)12(9)16)7-13(15)2-3-13/h4-5H,2-3,6-7,15H2,1H3. The van der Waals surface area contributed by atoms with Crippen molar-refractivity contribution in [1.82, 2.24) is 0 Å². The molecule has 0 atom stereocenters. The van der Waals surface area contributed by atoms with Crippen molar-refractivity contribution in [3.05, 3.63) is 29.1 Å². The maximum Gasteiger partial charge on any atom is 0.231 e. The van der Waals surface area contributed by atoms with Gasteiger partial charge in [0.15, 0.2) is 0 Å². The van der Waals surface area contributed by atoms with Crippen molar-refractivity contribution in [2.75, 3.05) is 11.9 Å². The summed E-state index contributed by atoms with van der Waals surface area (Å²) in [6.07, 6.45) is 3.01.